The molecule has 2 unspecified atom stereocenters. The van der Waals surface area contributed by atoms with E-state index in [4.69, 9.17) is 10.5 Å². The van der Waals surface area contributed by atoms with Gasteiger partial charge in [-0.15, -0.1) is 11.3 Å². The Kier molecular flexibility index (Phi) is 4.59. The van der Waals surface area contributed by atoms with E-state index in [0.29, 0.717) is 6.04 Å². The molecular weight excluding hydrogens is 268 g/mol. The number of hydrogen-bond donors (Lipinski definition) is 1. The van der Waals surface area contributed by atoms with Gasteiger partial charge in [0.1, 0.15) is 0 Å². The molecule has 114 valence electrons. The zero-order valence-corrected chi connectivity index (χ0v) is 14.2. The molecule has 0 aliphatic carbocycles. The Labute approximate surface area is 127 Å². The van der Waals surface area contributed by atoms with Gasteiger partial charge in [-0.05, 0) is 45.6 Å². The molecule has 0 radical (unpaired) electrons. The molecule has 0 bridgehead atoms. The van der Waals surface area contributed by atoms with Crippen molar-refractivity contribution in [1.82, 2.24) is 4.90 Å². The first-order valence-corrected chi connectivity index (χ1v) is 8.35. The van der Waals surface area contributed by atoms with Crippen LogP contribution in [0.3, 0.4) is 0 Å². The highest BCUT2D eigenvalue weighted by atomic mass is 32.1. The number of nitrogens with two attached hydrogens (primary N) is 1. The van der Waals surface area contributed by atoms with Crippen LogP contribution in [0.25, 0.3) is 0 Å². The summed E-state index contributed by atoms with van der Waals surface area (Å²) in [5.41, 5.74) is 6.17. The van der Waals surface area contributed by atoms with Crippen LogP contribution in [-0.2, 0) is 4.74 Å². The summed E-state index contributed by atoms with van der Waals surface area (Å²) in [6.45, 7) is 12.7. The standard InChI is InChI=1S/C16H28N2OS/c1-6-12(17)14(13-8-7-9-20-13)18-10-15(2,3)19-16(4,5)11-18/h7-9,12,14H,6,10-11,17H2,1-5H3. The van der Waals surface area contributed by atoms with Gasteiger partial charge >= 0.3 is 0 Å². The van der Waals surface area contributed by atoms with Crippen LogP contribution >= 0.6 is 11.3 Å². The third-order valence-electron chi connectivity index (χ3n) is 3.83. The van der Waals surface area contributed by atoms with E-state index in [9.17, 15) is 0 Å². The van der Waals surface area contributed by atoms with Gasteiger partial charge in [-0.1, -0.05) is 13.0 Å². The zero-order valence-electron chi connectivity index (χ0n) is 13.3. The molecule has 4 heteroatoms. The van der Waals surface area contributed by atoms with Gasteiger partial charge in [0, 0.05) is 24.0 Å². The van der Waals surface area contributed by atoms with E-state index >= 15 is 0 Å². The summed E-state index contributed by atoms with van der Waals surface area (Å²) in [5, 5.41) is 2.14. The Hall–Kier alpha value is -0.420. The van der Waals surface area contributed by atoms with Crippen molar-refractivity contribution in [1.29, 1.82) is 0 Å². The van der Waals surface area contributed by atoms with Crippen LogP contribution in [0.2, 0.25) is 0 Å². The molecule has 2 heterocycles. The topological polar surface area (TPSA) is 38.5 Å². The Bertz CT molecular complexity index is 412. The molecule has 3 nitrogen and oxygen atoms in total. The van der Waals surface area contributed by atoms with Gasteiger partial charge in [-0.25, -0.2) is 0 Å². The van der Waals surface area contributed by atoms with Gasteiger partial charge in [-0.2, -0.15) is 0 Å². The second kappa shape index (κ2) is 5.76. The highest BCUT2D eigenvalue weighted by molar-refractivity contribution is 7.10. The second-order valence-corrected chi connectivity index (χ2v) is 8.04. The summed E-state index contributed by atoms with van der Waals surface area (Å²) in [6.07, 6.45) is 0.987. The molecule has 0 aromatic carbocycles. The van der Waals surface area contributed by atoms with Gasteiger partial charge in [0.05, 0.1) is 17.2 Å². The van der Waals surface area contributed by atoms with Crippen LogP contribution in [0.4, 0.5) is 0 Å². The van der Waals surface area contributed by atoms with Crippen molar-refractivity contribution >= 4 is 11.3 Å². The molecule has 0 spiro atoms. The van der Waals surface area contributed by atoms with Crippen LogP contribution < -0.4 is 5.73 Å². The van der Waals surface area contributed by atoms with Crippen molar-refractivity contribution in [3.8, 4) is 0 Å². The van der Waals surface area contributed by atoms with Crippen LogP contribution in [-0.4, -0.2) is 35.2 Å². The Morgan fingerprint density at radius 3 is 2.35 bits per heavy atom. The molecule has 2 rings (SSSR count). The van der Waals surface area contributed by atoms with E-state index in [1.54, 1.807) is 11.3 Å². The highest BCUT2D eigenvalue weighted by Crippen LogP contribution is 2.36. The van der Waals surface area contributed by atoms with Crippen molar-refractivity contribution in [3.63, 3.8) is 0 Å². The number of rotatable bonds is 4. The monoisotopic (exact) mass is 296 g/mol. The van der Waals surface area contributed by atoms with Crippen molar-refractivity contribution in [3.05, 3.63) is 22.4 Å². The minimum atomic E-state index is -0.134. The Balaban J connectivity index is 2.29. The lowest BCUT2D eigenvalue weighted by Gasteiger charge is -2.50. The molecule has 1 aliphatic rings. The third-order valence-corrected chi connectivity index (χ3v) is 4.77. The molecule has 1 aromatic rings. The fourth-order valence-corrected chi connectivity index (χ4v) is 4.32. The molecule has 0 saturated carbocycles. The van der Waals surface area contributed by atoms with Crippen molar-refractivity contribution in [2.24, 2.45) is 5.73 Å². The highest BCUT2D eigenvalue weighted by Gasteiger charge is 2.42. The first kappa shape index (κ1) is 16.0. The molecule has 0 amide bonds. The first-order chi connectivity index (χ1) is 9.24. The van der Waals surface area contributed by atoms with Crippen molar-refractivity contribution in [2.45, 2.75) is 64.3 Å². The molecule has 1 fully saturated rings. The number of ether oxygens (including phenoxy) is 1. The largest absolute Gasteiger partial charge is 0.367 e. The van der Waals surface area contributed by atoms with Crippen molar-refractivity contribution in [2.75, 3.05) is 13.1 Å². The van der Waals surface area contributed by atoms with Gasteiger partial charge in [-0.3, -0.25) is 4.90 Å². The van der Waals surface area contributed by atoms with Crippen molar-refractivity contribution < 1.29 is 4.74 Å². The van der Waals surface area contributed by atoms with Gasteiger partial charge < -0.3 is 10.5 Å². The zero-order chi connectivity index (χ0) is 15.0. The van der Waals surface area contributed by atoms with Gasteiger partial charge in [0.15, 0.2) is 0 Å². The Morgan fingerprint density at radius 1 is 1.30 bits per heavy atom. The number of thiophene rings is 1. The predicted octanol–water partition coefficient (Wildman–Crippen LogP) is 3.42. The maximum absolute atomic E-state index is 6.44. The summed E-state index contributed by atoms with van der Waals surface area (Å²) in [4.78, 5) is 3.89. The van der Waals surface area contributed by atoms with E-state index in [0.717, 1.165) is 19.5 Å². The fraction of sp³-hybridized carbons (Fsp3) is 0.750. The van der Waals surface area contributed by atoms with Crippen LogP contribution in [0.1, 0.15) is 52.0 Å². The third kappa shape index (κ3) is 3.61. The SMILES string of the molecule is CCC(N)C(c1cccs1)N1CC(C)(C)OC(C)(C)C1. The van der Waals surface area contributed by atoms with E-state index < -0.39 is 0 Å². The minimum Gasteiger partial charge on any atom is -0.367 e. The number of morpholine rings is 1. The summed E-state index contributed by atoms with van der Waals surface area (Å²) < 4.78 is 6.19. The minimum absolute atomic E-state index is 0.134. The summed E-state index contributed by atoms with van der Waals surface area (Å²) >= 11 is 1.81. The van der Waals surface area contributed by atoms with E-state index in [-0.39, 0.29) is 17.2 Å². The molecule has 2 atom stereocenters. The molecule has 1 saturated heterocycles. The molecule has 2 N–H and O–H groups in total. The van der Waals surface area contributed by atoms with E-state index in [1.165, 1.54) is 4.88 Å². The lowest BCUT2D eigenvalue weighted by Crippen LogP contribution is -2.59. The maximum Gasteiger partial charge on any atom is 0.0761 e. The van der Waals surface area contributed by atoms with Crippen LogP contribution in [0.5, 0.6) is 0 Å². The fourth-order valence-electron chi connectivity index (χ4n) is 3.39. The predicted molar refractivity (Wildman–Crippen MR) is 86.1 cm³/mol. The average molecular weight is 296 g/mol. The van der Waals surface area contributed by atoms with E-state index in [2.05, 4.69) is 57.0 Å². The Morgan fingerprint density at radius 2 is 1.90 bits per heavy atom. The molecule has 1 aliphatic heterocycles. The second-order valence-electron chi connectivity index (χ2n) is 7.06. The summed E-state index contributed by atoms with van der Waals surface area (Å²) in [6, 6.07) is 4.78. The van der Waals surface area contributed by atoms with Crippen LogP contribution in [0.15, 0.2) is 17.5 Å². The number of nitrogens with zero attached hydrogens (tertiary/aromatic N) is 1. The van der Waals surface area contributed by atoms with Crippen LogP contribution in [0, 0.1) is 0 Å². The maximum atomic E-state index is 6.44. The van der Waals surface area contributed by atoms with Gasteiger partial charge in [0.2, 0.25) is 0 Å². The van der Waals surface area contributed by atoms with Gasteiger partial charge in [0.25, 0.3) is 0 Å². The lowest BCUT2D eigenvalue weighted by atomic mass is 9.94. The summed E-state index contributed by atoms with van der Waals surface area (Å²) in [5.74, 6) is 0. The van der Waals surface area contributed by atoms with E-state index in [1.807, 2.05) is 0 Å². The average Bonchev–Trinajstić information content (AvgIpc) is 2.78. The molecular formula is C16H28N2OS. The quantitative estimate of drug-likeness (QED) is 0.925. The number of hydrogen-bond acceptors (Lipinski definition) is 4. The normalized spacial score (nSPS) is 25.3. The lowest BCUT2D eigenvalue weighted by molar-refractivity contribution is -0.189. The summed E-state index contributed by atoms with van der Waals surface area (Å²) in [7, 11) is 0. The molecule has 1 aromatic heterocycles. The smallest absolute Gasteiger partial charge is 0.0761 e. The molecule has 20 heavy (non-hydrogen) atoms. The first-order valence-electron chi connectivity index (χ1n) is 7.47.